The Balaban J connectivity index is 1.99. The largest absolute Gasteiger partial charge is 0.494 e. The van der Waals surface area contributed by atoms with Crippen molar-refractivity contribution in [3.05, 3.63) is 60.2 Å². The van der Waals surface area contributed by atoms with Crippen LogP contribution in [0.5, 0.6) is 5.75 Å². The number of carbonyl (C=O) groups is 2. The zero-order chi connectivity index (χ0) is 19.9. The van der Waals surface area contributed by atoms with E-state index in [1.165, 1.54) is 24.3 Å². The maximum absolute atomic E-state index is 12.3. The predicted octanol–water partition coefficient (Wildman–Crippen LogP) is 0.706. The molecule has 0 heterocycles. The Morgan fingerprint density at radius 1 is 1.07 bits per heavy atom. The summed E-state index contributed by atoms with van der Waals surface area (Å²) in [6.45, 7) is 1.75. The van der Waals surface area contributed by atoms with Crippen LogP contribution < -0.4 is 20.5 Å². The van der Waals surface area contributed by atoms with Gasteiger partial charge in [0.15, 0.2) is 0 Å². The number of hydrogen-bond donors (Lipinski definition) is 3. The molecule has 2 rings (SSSR count). The molecule has 0 saturated carbocycles. The maximum atomic E-state index is 12.3. The Morgan fingerprint density at radius 2 is 1.70 bits per heavy atom. The summed E-state index contributed by atoms with van der Waals surface area (Å²) in [5, 5.41) is 2.42. The number of rotatable bonds is 9. The van der Waals surface area contributed by atoms with Gasteiger partial charge in [-0.15, -0.1) is 0 Å². The number of hydrogen-bond acceptors (Lipinski definition) is 5. The van der Waals surface area contributed by atoms with Crippen LogP contribution in [0.2, 0.25) is 0 Å². The van der Waals surface area contributed by atoms with Crippen LogP contribution in [0.25, 0.3) is 0 Å². The predicted molar refractivity (Wildman–Crippen MR) is 99.3 cm³/mol. The molecule has 2 amide bonds. The third-order valence-corrected chi connectivity index (χ3v) is 5.01. The molecule has 0 aliphatic carbocycles. The molecule has 0 fully saturated rings. The number of nitrogens with two attached hydrogens (primary N) is 1. The molecular weight excluding hydrogens is 370 g/mol. The minimum atomic E-state index is -3.89. The highest BCUT2D eigenvalue weighted by atomic mass is 32.2. The van der Waals surface area contributed by atoms with Crippen LogP contribution in [0.15, 0.2) is 59.5 Å². The highest BCUT2D eigenvalue weighted by Gasteiger charge is 2.21. The molecule has 0 aliphatic heterocycles. The van der Waals surface area contributed by atoms with Crippen molar-refractivity contribution in [2.24, 2.45) is 5.73 Å². The minimum Gasteiger partial charge on any atom is -0.494 e. The highest BCUT2D eigenvalue weighted by Crippen LogP contribution is 2.16. The number of benzene rings is 2. The van der Waals surface area contributed by atoms with Crippen molar-refractivity contribution in [3.63, 3.8) is 0 Å². The van der Waals surface area contributed by atoms with Crippen LogP contribution in [-0.4, -0.2) is 33.4 Å². The van der Waals surface area contributed by atoms with Gasteiger partial charge >= 0.3 is 0 Å². The summed E-state index contributed by atoms with van der Waals surface area (Å²) in [7, 11) is -3.89. The molecular formula is C18H21N3O5S. The number of primary amides is 1. The molecule has 2 aromatic carbocycles. The topological polar surface area (TPSA) is 128 Å². The smallest absolute Gasteiger partial charge is 0.244 e. The summed E-state index contributed by atoms with van der Waals surface area (Å²) in [6, 6.07) is 13.2. The number of sulfonamides is 1. The van der Waals surface area contributed by atoms with E-state index in [9.17, 15) is 18.0 Å². The summed E-state index contributed by atoms with van der Waals surface area (Å²) in [5.41, 5.74) is 5.83. The van der Waals surface area contributed by atoms with E-state index in [2.05, 4.69) is 10.0 Å². The van der Waals surface area contributed by atoms with E-state index in [1.54, 1.807) is 30.3 Å². The summed E-state index contributed by atoms with van der Waals surface area (Å²) >= 11 is 0. The van der Waals surface area contributed by atoms with Gasteiger partial charge in [0.1, 0.15) is 11.8 Å². The zero-order valence-corrected chi connectivity index (χ0v) is 15.5. The molecule has 0 bridgehead atoms. The van der Waals surface area contributed by atoms with Gasteiger partial charge in [0, 0.05) is 0 Å². The fourth-order valence-electron chi connectivity index (χ4n) is 2.30. The quantitative estimate of drug-likeness (QED) is 0.580. The third kappa shape index (κ3) is 5.80. The van der Waals surface area contributed by atoms with Crippen molar-refractivity contribution in [3.8, 4) is 5.75 Å². The lowest BCUT2D eigenvalue weighted by Gasteiger charge is -2.16. The van der Waals surface area contributed by atoms with Crippen molar-refractivity contribution >= 4 is 21.8 Å². The second-order valence-corrected chi connectivity index (χ2v) is 7.31. The second-order valence-electron chi connectivity index (χ2n) is 5.54. The third-order valence-electron chi connectivity index (χ3n) is 3.59. The first-order valence-corrected chi connectivity index (χ1v) is 9.68. The Hall–Kier alpha value is -2.91. The highest BCUT2D eigenvalue weighted by molar-refractivity contribution is 7.89. The minimum absolute atomic E-state index is 0.00624. The van der Waals surface area contributed by atoms with Crippen LogP contribution >= 0.6 is 0 Å². The fourth-order valence-corrected chi connectivity index (χ4v) is 3.28. The molecule has 144 valence electrons. The summed E-state index contributed by atoms with van der Waals surface area (Å²) in [6.07, 6.45) is 0. The summed E-state index contributed by atoms with van der Waals surface area (Å²) < 4.78 is 32.0. The van der Waals surface area contributed by atoms with E-state index in [1.807, 2.05) is 6.92 Å². The zero-order valence-electron chi connectivity index (χ0n) is 14.7. The van der Waals surface area contributed by atoms with E-state index in [4.69, 9.17) is 10.5 Å². The first kappa shape index (κ1) is 20.4. The summed E-state index contributed by atoms with van der Waals surface area (Å²) in [4.78, 5) is 23.7. The van der Waals surface area contributed by atoms with Gasteiger partial charge in [0.05, 0.1) is 18.0 Å². The molecule has 1 unspecified atom stereocenters. The van der Waals surface area contributed by atoms with Crippen molar-refractivity contribution in [1.29, 1.82) is 0 Å². The van der Waals surface area contributed by atoms with E-state index < -0.39 is 34.4 Å². The van der Waals surface area contributed by atoms with E-state index in [0.29, 0.717) is 17.9 Å². The normalized spacial score (nSPS) is 12.2. The van der Waals surface area contributed by atoms with Crippen LogP contribution in [0.4, 0.5) is 0 Å². The molecule has 9 heteroatoms. The van der Waals surface area contributed by atoms with Gasteiger partial charge < -0.3 is 15.8 Å². The standard InChI is InChI=1S/C18H21N3O5S/c1-2-26-14-8-10-15(11-9-14)27(24,25)20-12-16(22)21-17(18(19)23)13-6-4-3-5-7-13/h3-11,17,20H,2,12H2,1H3,(H2,19,23)(H,21,22). The van der Waals surface area contributed by atoms with Gasteiger partial charge in [-0.3, -0.25) is 9.59 Å². The van der Waals surface area contributed by atoms with Gasteiger partial charge in [-0.25, -0.2) is 13.1 Å². The van der Waals surface area contributed by atoms with Crippen LogP contribution in [0.3, 0.4) is 0 Å². The first-order chi connectivity index (χ1) is 12.8. The molecule has 0 aromatic heterocycles. The van der Waals surface area contributed by atoms with E-state index >= 15 is 0 Å². The molecule has 0 saturated heterocycles. The fraction of sp³-hybridized carbons (Fsp3) is 0.222. The van der Waals surface area contributed by atoms with Crippen molar-refractivity contribution in [2.45, 2.75) is 17.9 Å². The van der Waals surface area contributed by atoms with Gasteiger partial charge in [-0.05, 0) is 36.8 Å². The SMILES string of the molecule is CCOc1ccc(S(=O)(=O)NCC(=O)NC(C(N)=O)c2ccccc2)cc1. The Morgan fingerprint density at radius 3 is 2.26 bits per heavy atom. The van der Waals surface area contributed by atoms with E-state index in [-0.39, 0.29) is 4.90 Å². The van der Waals surface area contributed by atoms with Crippen molar-refractivity contribution in [1.82, 2.24) is 10.0 Å². The Kier molecular flexibility index (Phi) is 6.91. The number of amides is 2. The molecule has 0 spiro atoms. The average molecular weight is 391 g/mol. The van der Waals surface area contributed by atoms with Gasteiger partial charge in [0.2, 0.25) is 21.8 Å². The maximum Gasteiger partial charge on any atom is 0.244 e. The number of nitrogens with one attached hydrogen (secondary N) is 2. The van der Waals surface area contributed by atoms with E-state index in [0.717, 1.165) is 0 Å². The average Bonchev–Trinajstić information content (AvgIpc) is 2.66. The number of ether oxygens (including phenoxy) is 1. The lowest BCUT2D eigenvalue weighted by Crippen LogP contribution is -2.42. The van der Waals surface area contributed by atoms with Gasteiger partial charge in [0.25, 0.3) is 0 Å². The monoisotopic (exact) mass is 391 g/mol. The molecule has 4 N–H and O–H groups in total. The molecule has 0 aliphatic rings. The second kappa shape index (κ2) is 9.15. The molecule has 8 nitrogen and oxygen atoms in total. The van der Waals surface area contributed by atoms with Gasteiger partial charge in [-0.1, -0.05) is 30.3 Å². The number of carbonyl (C=O) groups excluding carboxylic acids is 2. The molecule has 2 aromatic rings. The molecule has 1 atom stereocenters. The Labute approximate surface area is 157 Å². The molecule has 27 heavy (non-hydrogen) atoms. The first-order valence-electron chi connectivity index (χ1n) is 8.19. The van der Waals surface area contributed by atoms with Gasteiger partial charge in [-0.2, -0.15) is 0 Å². The summed E-state index contributed by atoms with van der Waals surface area (Å²) in [5.74, 6) is -0.887. The lowest BCUT2D eigenvalue weighted by atomic mass is 10.1. The molecule has 0 radical (unpaired) electrons. The lowest BCUT2D eigenvalue weighted by molar-refractivity contribution is -0.126. The Bertz CT molecular complexity index is 883. The van der Waals surface area contributed by atoms with Crippen LogP contribution in [0, 0.1) is 0 Å². The van der Waals surface area contributed by atoms with Crippen LogP contribution in [0.1, 0.15) is 18.5 Å². The van der Waals surface area contributed by atoms with Crippen molar-refractivity contribution in [2.75, 3.05) is 13.2 Å². The van der Waals surface area contributed by atoms with Crippen LogP contribution in [-0.2, 0) is 19.6 Å². The van der Waals surface area contributed by atoms with Crippen molar-refractivity contribution < 1.29 is 22.7 Å².